The lowest BCUT2D eigenvalue weighted by atomic mass is 10.2. The SMILES string of the molecule is O=Cc1[nH]nc2c(Br)cccc12. The highest BCUT2D eigenvalue weighted by Crippen LogP contribution is 2.22. The van der Waals surface area contributed by atoms with Gasteiger partial charge in [0.15, 0.2) is 6.29 Å². The molecule has 0 saturated heterocycles. The molecule has 1 N–H and O–H groups in total. The molecule has 0 aliphatic heterocycles. The molecule has 0 fully saturated rings. The van der Waals surface area contributed by atoms with Gasteiger partial charge in [-0.3, -0.25) is 9.89 Å². The number of carbonyl (C=O) groups excluding carboxylic acids is 1. The van der Waals surface area contributed by atoms with Crippen molar-refractivity contribution in [3.63, 3.8) is 0 Å². The second-order valence-electron chi connectivity index (χ2n) is 2.39. The Labute approximate surface area is 76.9 Å². The molecule has 0 aliphatic rings. The molecule has 1 aromatic heterocycles. The summed E-state index contributed by atoms with van der Waals surface area (Å²) in [6.07, 6.45) is 0.766. The minimum atomic E-state index is 0.520. The van der Waals surface area contributed by atoms with E-state index in [4.69, 9.17) is 0 Å². The minimum absolute atomic E-state index is 0.520. The first kappa shape index (κ1) is 7.49. The van der Waals surface area contributed by atoms with Crippen molar-refractivity contribution in [3.05, 3.63) is 28.4 Å². The molecule has 0 bridgehead atoms. The first-order valence-corrected chi connectivity index (χ1v) is 4.20. The van der Waals surface area contributed by atoms with Crippen molar-refractivity contribution in [1.29, 1.82) is 0 Å². The second kappa shape index (κ2) is 2.71. The largest absolute Gasteiger partial charge is 0.296 e. The van der Waals surface area contributed by atoms with Crippen molar-refractivity contribution in [2.45, 2.75) is 0 Å². The first-order valence-electron chi connectivity index (χ1n) is 3.40. The van der Waals surface area contributed by atoms with Gasteiger partial charge in [-0.2, -0.15) is 5.10 Å². The smallest absolute Gasteiger partial charge is 0.168 e. The Morgan fingerprint density at radius 1 is 1.50 bits per heavy atom. The van der Waals surface area contributed by atoms with Crippen LogP contribution in [-0.2, 0) is 0 Å². The number of H-pyrrole nitrogens is 1. The van der Waals surface area contributed by atoms with Gasteiger partial charge in [0, 0.05) is 9.86 Å². The van der Waals surface area contributed by atoms with E-state index in [0.29, 0.717) is 5.69 Å². The molecule has 2 rings (SSSR count). The fraction of sp³-hybridized carbons (Fsp3) is 0. The molecule has 0 aliphatic carbocycles. The third kappa shape index (κ3) is 0.956. The Morgan fingerprint density at radius 3 is 3.08 bits per heavy atom. The van der Waals surface area contributed by atoms with Gasteiger partial charge in [-0.05, 0) is 22.0 Å². The van der Waals surface area contributed by atoms with E-state index in [1.807, 2.05) is 18.2 Å². The number of carbonyl (C=O) groups is 1. The van der Waals surface area contributed by atoms with Crippen LogP contribution in [0.3, 0.4) is 0 Å². The number of fused-ring (bicyclic) bond motifs is 1. The van der Waals surface area contributed by atoms with Gasteiger partial charge in [0.2, 0.25) is 0 Å². The normalized spacial score (nSPS) is 10.4. The van der Waals surface area contributed by atoms with Crippen molar-refractivity contribution in [1.82, 2.24) is 10.2 Å². The maximum Gasteiger partial charge on any atom is 0.168 e. The Morgan fingerprint density at radius 2 is 2.33 bits per heavy atom. The summed E-state index contributed by atoms with van der Waals surface area (Å²) in [7, 11) is 0. The quantitative estimate of drug-likeness (QED) is 0.755. The topological polar surface area (TPSA) is 45.8 Å². The zero-order chi connectivity index (χ0) is 8.55. The van der Waals surface area contributed by atoms with Crippen LogP contribution >= 0.6 is 15.9 Å². The Balaban J connectivity index is 2.88. The average molecular weight is 225 g/mol. The maximum absolute atomic E-state index is 10.5. The Bertz CT molecular complexity index is 436. The van der Waals surface area contributed by atoms with Gasteiger partial charge >= 0.3 is 0 Å². The number of nitrogens with zero attached hydrogens (tertiary/aromatic N) is 1. The second-order valence-corrected chi connectivity index (χ2v) is 3.25. The summed E-state index contributed by atoms with van der Waals surface area (Å²) in [5, 5.41) is 7.49. The number of aromatic nitrogens is 2. The summed E-state index contributed by atoms with van der Waals surface area (Å²) < 4.78 is 0.893. The van der Waals surface area contributed by atoms with Gasteiger partial charge in [0.05, 0.1) is 0 Å². The number of halogens is 1. The molecule has 0 atom stereocenters. The van der Waals surface area contributed by atoms with Crippen molar-refractivity contribution < 1.29 is 4.79 Å². The van der Waals surface area contributed by atoms with E-state index in [1.165, 1.54) is 0 Å². The highest BCUT2D eigenvalue weighted by Gasteiger charge is 2.05. The third-order valence-corrected chi connectivity index (χ3v) is 2.32. The van der Waals surface area contributed by atoms with E-state index in [-0.39, 0.29) is 0 Å². The molecule has 0 spiro atoms. The van der Waals surface area contributed by atoms with Crippen molar-refractivity contribution in [2.24, 2.45) is 0 Å². The zero-order valence-corrected chi connectivity index (χ0v) is 7.63. The molecule has 0 saturated carbocycles. The molecule has 2 aromatic rings. The minimum Gasteiger partial charge on any atom is -0.296 e. The molecule has 60 valence electrons. The zero-order valence-electron chi connectivity index (χ0n) is 6.04. The van der Waals surface area contributed by atoms with Crippen LogP contribution < -0.4 is 0 Å². The van der Waals surface area contributed by atoms with Gasteiger partial charge in [-0.25, -0.2) is 0 Å². The van der Waals surface area contributed by atoms with Crippen molar-refractivity contribution in [3.8, 4) is 0 Å². The lowest BCUT2D eigenvalue weighted by Gasteiger charge is -1.89. The summed E-state index contributed by atoms with van der Waals surface area (Å²) in [4.78, 5) is 10.5. The molecule has 0 unspecified atom stereocenters. The van der Waals surface area contributed by atoms with Crippen LogP contribution in [0.5, 0.6) is 0 Å². The van der Waals surface area contributed by atoms with Gasteiger partial charge in [-0.15, -0.1) is 0 Å². The number of para-hydroxylation sites is 1. The molecular weight excluding hydrogens is 220 g/mol. The lowest BCUT2D eigenvalue weighted by molar-refractivity contribution is 0.112. The molecule has 12 heavy (non-hydrogen) atoms. The van der Waals surface area contributed by atoms with E-state index in [2.05, 4.69) is 26.1 Å². The molecule has 0 radical (unpaired) electrons. The van der Waals surface area contributed by atoms with E-state index >= 15 is 0 Å². The maximum atomic E-state index is 10.5. The summed E-state index contributed by atoms with van der Waals surface area (Å²) in [5.41, 5.74) is 1.31. The van der Waals surface area contributed by atoms with Gasteiger partial charge < -0.3 is 0 Å². The number of rotatable bonds is 1. The molecule has 1 aromatic carbocycles. The van der Waals surface area contributed by atoms with Gasteiger partial charge in [0.1, 0.15) is 11.2 Å². The standard InChI is InChI=1S/C8H5BrN2O/c9-6-3-1-2-5-7(4-12)10-11-8(5)6/h1-4H,(H,10,11). The summed E-state index contributed by atoms with van der Waals surface area (Å²) >= 11 is 3.34. The fourth-order valence-corrected chi connectivity index (χ4v) is 1.57. The highest BCUT2D eigenvalue weighted by molar-refractivity contribution is 9.10. The molecule has 4 heteroatoms. The monoisotopic (exact) mass is 224 g/mol. The van der Waals surface area contributed by atoms with E-state index < -0.39 is 0 Å². The fourth-order valence-electron chi connectivity index (χ4n) is 1.11. The van der Waals surface area contributed by atoms with Crippen LogP contribution in [-0.4, -0.2) is 16.5 Å². The number of hydrogen-bond acceptors (Lipinski definition) is 2. The van der Waals surface area contributed by atoms with E-state index in [9.17, 15) is 4.79 Å². The number of hydrogen-bond donors (Lipinski definition) is 1. The Kier molecular flexibility index (Phi) is 1.69. The highest BCUT2D eigenvalue weighted by atomic mass is 79.9. The van der Waals surface area contributed by atoms with Crippen LogP contribution in [0.2, 0.25) is 0 Å². The van der Waals surface area contributed by atoms with Gasteiger partial charge in [-0.1, -0.05) is 12.1 Å². The number of nitrogens with one attached hydrogen (secondary N) is 1. The van der Waals surface area contributed by atoms with E-state index in [1.54, 1.807) is 0 Å². The molecular formula is C8H5BrN2O. The van der Waals surface area contributed by atoms with Crippen LogP contribution in [0.15, 0.2) is 22.7 Å². The summed E-state index contributed by atoms with van der Waals surface area (Å²) in [5.74, 6) is 0. The molecule has 1 heterocycles. The van der Waals surface area contributed by atoms with Crippen LogP contribution in [0.25, 0.3) is 10.9 Å². The first-order chi connectivity index (χ1) is 5.83. The predicted molar refractivity (Wildman–Crippen MR) is 49.2 cm³/mol. The number of aldehydes is 1. The van der Waals surface area contributed by atoms with Crippen LogP contribution in [0, 0.1) is 0 Å². The van der Waals surface area contributed by atoms with Crippen LogP contribution in [0.4, 0.5) is 0 Å². The van der Waals surface area contributed by atoms with Gasteiger partial charge in [0.25, 0.3) is 0 Å². The number of benzene rings is 1. The Hall–Kier alpha value is -1.16. The number of aromatic amines is 1. The lowest BCUT2D eigenvalue weighted by Crippen LogP contribution is -1.77. The average Bonchev–Trinajstić information content (AvgIpc) is 2.49. The predicted octanol–water partition coefficient (Wildman–Crippen LogP) is 2.14. The summed E-state index contributed by atoms with van der Waals surface area (Å²) in [6, 6.07) is 5.61. The van der Waals surface area contributed by atoms with Crippen LogP contribution in [0.1, 0.15) is 10.5 Å². The molecule has 3 nitrogen and oxygen atoms in total. The van der Waals surface area contributed by atoms with Crippen molar-refractivity contribution in [2.75, 3.05) is 0 Å². The van der Waals surface area contributed by atoms with E-state index in [0.717, 1.165) is 21.7 Å². The molecule has 0 amide bonds. The summed E-state index contributed by atoms with van der Waals surface area (Å²) in [6.45, 7) is 0. The van der Waals surface area contributed by atoms with Crippen molar-refractivity contribution >= 4 is 33.1 Å². The third-order valence-electron chi connectivity index (χ3n) is 1.68.